The third kappa shape index (κ3) is 5.83. The van der Waals surface area contributed by atoms with Gasteiger partial charge in [-0.25, -0.2) is 0 Å². The standard InChI is InChI=1S/C27H29N3O2/c31-26(23-14-12-22(13-15-23)20-30-18-6-7-19-30)29-25-11-5-4-10-24(25)27(32)28-17-16-21-8-2-1-3-9-21/h1-5,8-15H,6-7,16-20H2,(H,28,32)(H,29,31). The number of nitrogens with zero attached hydrogens (tertiary/aromatic N) is 1. The van der Waals surface area contributed by atoms with Gasteiger partial charge in [0.15, 0.2) is 0 Å². The van der Waals surface area contributed by atoms with Crippen LogP contribution in [0, 0.1) is 0 Å². The molecule has 1 aliphatic heterocycles. The number of benzene rings is 3. The minimum absolute atomic E-state index is 0.196. The normalized spacial score (nSPS) is 13.6. The van der Waals surface area contributed by atoms with Crippen LogP contribution in [0.4, 0.5) is 5.69 Å². The predicted octanol–water partition coefficient (Wildman–Crippen LogP) is 4.51. The first-order valence-electron chi connectivity index (χ1n) is 11.2. The first-order chi connectivity index (χ1) is 15.7. The van der Waals surface area contributed by atoms with Crippen LogP contribution in [0.3, 0.4) is 0 Å². The van der Waals surface area contributed by atoms with Gasteiger partial charge in [0.1, 0.15) is 0 Å². The van der Waals surface area contributed by atoms with Gasteiger partial charge in [-0.05, 0) is 67.7 Å². The highest BCUT2D eigenvalue weighted by Gasteiger charge is 2.15. The minimum atomic E-state index is -0.220. The number of likely N-dealkylation sites (tertiary alicyclic amines) is 1. The Morgan fingerprint density at radius 2 is 1.44 bits per heavy atom. The second-order valence-corrected chi connectivity index (χ2v) is 8.17. The van der Waals surface area contributed by atoms with Gasteiger partial charge in [-0.2, -0.15) is 0 Å². The molecule has 1 saturated heterocycles. The molecule has 5 heteroatoms. The van der Waals surface area contributed by atoms with Gasteiger partial charge in [-0.1, -0.05) is 54.6 Å². The number of rotatable bonds is 8. The Kier molecular flexibility index (Phi) is 7.31. The number of nitrogens with one attached hydrogen (secondary N) is 2. The van der Waals surface area contributed by atoms with Crippen molar-refractivity contribution in [3.63, 3.8) is 0 Å². The zero-order valence-corrected chi connectivity index (χ0v) is 18.2. The van der Waals surface area contributed by atoms with Gasteiger partial charge in [0, 0.05) is 18.7 Å². The molecule has 3 aromatic rings. The highest BCUT2D eigenvalue weighted by molar-refractivity contribution is 6.09. The SMILES string of the molecule is O=C(Nc1ccccc1C(=O)NCCc1ccccc1)c1ccc(CN2CCCC2)cc1. The lowest BCUT2D eigenvalue weighted by Gasteiger charge is -2.15. The van der Waals surface area contributed by atoms with Crippen LogP contribution in [0.1, 0.15) is 44.7 Å². The number of hydrogen-bond acceptors (Lipinski definition) is 3. The molecule has 32 heavy (non-hydrogen) atoms. The number of amides is 2. The summed E-state index contributed by atoms with van der Waals surface area (Å²) in [5.74, 6) is -0.417. The summed E-state index contributed by atoms with van der Waals surface area (Å²) in [4.78, 5) is 27.9. The first-order valence-corrected chi connectivity index (χ1v) is 11.2. The van der Waals surface area contributed by atoms with E-state index >= 15 is 0 Å². The fraction of sp³-hybridized carbons (Fsp3) is 0.259. The third-order valence-corrected chi connectivity index (χ3v) is 5.78. The number of hydrogen-bond donors (Lipinski definition) is 2. The minimum Gasteiger partial charge on any atom is -0.352 e. The Morgan fingerprint density at radius 1 is 0.750 bits per heavy atom. The van der Waals surface area contributed by atoms with E-state index < -0.39 is 0 Å². The van der Waals surface area contributed by atoms with E-state index in [1.165, 1.54) is 24.0 Å². The Hall–Kier alpha value is -3.44. The van der Waals surface area contributed by atoms with Crippen molar-refractivity contribution in [2.24, 2.45) is 0 Å². The summed E-state index contributed by atoms with van der Waals surface area (Å²) in [5, 5.41) is 5.85. The van der Waals surface area contributed by atoms with E-state index in [9.17, 15) is 9.59 Å². The average Bonchev–Trinajstić information content (AvgIpc) is 3.33. The maximum absolute atomic E-state index is 12.8. The van der Waals surface area contributed by atoms with Crippen LogP contribution < -0.4 is 10.6 Å². The summed E-state index contributed by atoms with van der Waals surface area (Å²) >= 11 is 0. The van der Waals surface area contributed by atoms with Crippen LogP contribution >= 0.6 is 0 Å². The van der Waals surface area contributed by atoms with Crippen molar-refractivity contribution in [3.05, 3.63) is 101 Å². The van der Waals surface area contributed by atoms with E-state index in [-0.39, 0.29) is 11.8 Å². The summed E-state index contributed by atoms with van der Waals surface area (Å²) in [6, 6.07) is 24.8. The monoisotopic (exact) mass is 427 g/mol. The molecule has 0 radical (unpaired) electrons. The maximum Gasteiger partial charge on any atom is 0.255 e. The van der Waals surface area contributed by atoms with Crippen LogP contribution in [0.2, 0.25) is 0 Å². The molecule has 0 unspecified atom stereocenters. The average molecular weight is 428 g/mol. The molecule has 0 bridgehead atoms. The fourth-order valence-electron chi connectivity index (χ4n) is 4.01. The first kappa shape index (κ1) is 21.8. The number of anilines is 1. The van der Waals surface area contributed by atoms with Crippen LogP contribution in [-0.2, 0) is 13.0 Å². The van der Waals surface area contributed by atoms with Crippen LogP contribution in [-0.4, -0.2) is 36.3 Å². The van der Waals surface area contributed by atoms with E-state index in [2.05, 4.69) is 15.5 Å². The number of carbonyl (C=O) groups is 2. The van der Waals surface area contributed by atoms with E-state index in [1.54, 1.807) is 18.2 Å². The van der Waals surface area contributed by atoms with Gasteiger partial charge in [0.05, 0.1) is 11.3 Å². The lowest BCUT2D eigenvalue weighted by Crippen LogP contribution is -2.27. The fourth-order valence-corrected chi connectivity index (χ4v) is 4.01. The molecule has 0 aliphatic carbocycles. The molecule has 1 aliphatic rings. The Bertz CT molecular complexity index is 1040. The van der Waals surface area contributed by atoms with Gasteiger partial charge in [-0.3, -0.25) is 14.5 Å². The lowest BCUT2D eigenvalue weighted by atomic mass is 10.1. The molecule has 2 N–H and O–H groups in total. The van der Waals surface area contributed by atoms with E-state index in [0.717, 1.165) is 26.1 Å². The van der Waals surface area contributed by atoms with Gasteiger partial charge >= 0.3 is 0 Å². The van der Waals surface area contributed by atoms with Crippen molar-refractivity contribution in [1.29, 1.82) is 0 Å². The quantitative estimate of drug-likeness (QED) is 0.556. The van der Waals surface area contributed by atoms with Gasteiger partial charge in [-0.15, -0.1) is 0 Å². The Labute approximate surface area is 189 Å². The molecule has 0 spiro atoms. The molecular weight excluding hydrogens is 398 g/mol. The molecule has 1 fully saturated rings. The van der Waals surface area contributed by atoms with Crippen LogP contribution in [0.25, 0.3) is 0 Å². The molecular formula is C27H29N3O2. The Morgan fingerprint density at radius 3 is 2.19 bits per heavy atom. The molecule has 164 valence electrons. The molecule has 4 rings (SSSR count). The van der Waals surface area contributed by atoms with Gasteiger partial charge < -0.3 is 10.6 Å². The predicted molar refractivity (Wildman–Crippen MR) is 128 cm³/mol. The molecule has 3 aromatic carbocycles. The van der Waals surface area contributed by atoms with Crippen LogP contribution in [0.15, 0.2) is 78.9 Å². The molecule has 2 amide bonds. The third-order valence-electron chi connectivity index (χ3n) is 5.78. The second-order valence-electron chi connectivity index (χ2n) is 8.17. The summed E-state index contributed by atoms with van der Waals surface area (Å²) in [6.45, 7) is 3.75. The zero-order valence-electron chi connectivity index (χ0n) is 18.2. The number of para-hydroxylation sites is 1. The van der Waals surface area contributed by atoms with Crippen molar-refractivity contribution >= 4 is 17.5 Å². The largest absolute Gasteiger partial charge is 0.352 e. The molecule has 0 aromatic heterocycles. The summed E-state index contributed by atoms with van der Waals surface area (Å²) in [7, 11) is 0. The van der Waals surface area contributed by atoms with Gasteiger partial charge in [0.2, 0.25) is 0 Å². The van der Waals surface area contributed by atoms with Crippen LogP contribution in [0.5, 0.6) is 0 Å². The lowest BCUT2D eigenvalue weighted by molar-refractivity contribution is 0.0955. The summed E-state index contributed by atoms with van der Waals surface area (Å²) in [6.07, 6.45) is 3.28. The topological polar surface area (TPSA) is 61.4 Å². The second kappa shape index (κ2) is 10.7. The van der Waals surface area contributed by atoms with Crippen molar-refractivity contribution in [1.82, 2.24) is 10.2 Å². The molecule has 1 heterocycles. The molecule has 0 atom stereocenters. The maximum atomic E-state index is 12.8. The van der Waals surface area contributed by atoms with E-state index in [1.807, 2.05) is 60.7 Å². The highest BCUT2D eigenvalue weighted by atomic mass is 16.2. The van der Waals surface area contributed by atoms with Crippen molar-refractivity contribution < 1.29 is 9.59 Å². The highest BCUT2D eigenvalue weighted by Crippen LogP contribution is 2.18. The van der Waals surface area contributed by atoms with Gasteiger partial charge in [0.25, 0.3) is 11.8 Å². The Balaban J connectivity index is 1.35. The van der Waals surface area contributed by atoms with Crippen molar-refractivity contribution in [2.45, 2.75) is 25.8 Å². The van der Waals surface area contributed by atoms with Crippen molar-refractivity contribution in [2.75, 3.05) is 25.0 Å². The summed E-state index contributed by atoms with van der Waals surface area (Å²) < 4.78 is 0. The van der Waals surface area contributed by atoms with E-state index in [0.29, 0.717) is 23.4 Å². The molecule has 5 nitrogen and oxygen atoms in total. The zero-order chi connectivity index (χ0) is 22.2. The van der Waals surface area contributed by atoms with E-state index in [4.69, 9.17) is 0 Å². The number of carbonyl (C=O) groups excluding carboxylic acids is 2. The molecule has 0 saturated carbocycles. The summed E-state index contributed by atoms with van der Waals surface area (Å²) in [5.41, 5.74) is 3.93. The smallest absolute Gasteiger partial charge is 0.255 e. The van der Waals surface area contributed by atoms with Crippen molar-refractivity contribution in [3.8, 4) is 0 Å².